The molecule has 0 aromatic heterocycles. The highest BCUT2D eigenvalue weighted by Gasteiger charge is 2.13. The molecular formula is C20H24N2O2. The molecule has 2 aromatic rings. The fourth-order valence-electron chi connectivity index (χ4n) is 2.82. The van der Waals surface area contributed by atoms with Gasteiger partial charge in [0.2, 0.25) is 0 Å². The monoisotopic (exact) mass is 324 g/mol. The third-order valence-electron chi connectivity index (χ3n) is 4.42. The quantitative estimate of drug-likeness (QED) is 0.765. The number of ketones is 1. The fourth-order valence-corrected chi connectivity index (χ4v) is 2.82. The van der Waals surface area contributed by atoms with Crippen molar-refractivity contribution in [1.82, 2.24) is 9.80 Å². The van der Waals surface area contributed by atoms with Gasteiger partial charge in [0.25, 0.3) is 0 Å². The summed E-state index contributed by atoms with van der Waals surface area (Å²) in [4.78, 5) is 17.1. The van der Waals surface area contributed by atoms with Crippen molar-refractivity contribution in [2.45, 2.75) is 0 Å². The van der Waals surface area contributed by atoms with Gasteiger partial charge in [-0.1, -0.05) is 30.3 Å². The van der Waals surface area contributed by atoms with E-state index in [9.17, 15) is 4.79 Å². The first-order valence-electron chi connectivity index (χ1n) is 8.46. The van der Waals surface area contributed by atoms with Crippen LogP contribution >= 0.6 is 0 Å². The molecule has 4 nitrogen and oxygen atoms in total. The Balaban J connectivity index is 1.49. The molecule has 1 aliphatic heterocycles. The maximum absolute atomic E-state index is 12.4. The number of hydrogen-bond donors (Lipinski definition) is 0. The second kappa shape index (κ2) is 8.08. The molecule has 4 heteroatoms. The topological polar surface area (TPSA) is 32.8 Å². The maximum Gasteiger partial charge on any atom is 0.193 e. The zero-order valence-corrected chi connectivity index (χ0v) is 14.1. The minimum Gasteiger partial charge on any atom is -0.492 e. The first kappa shape index (κ1) is 16.7. The van der Waals surface area contributed by atoms with Crippen LogP contribution < -0.4 is 4.74 Å². The molecule has 0 saturated carbocycles. The van der Waals surface area contributed by atoms with Gasteiger partial charge in [-0.25, -0.2) is 0 Å². The number of piperazine rings is 1. The van der Waals surface area contributed by atoms with Gasteiger partial charge in [-0.3, -0.25) is 9.69 Å². The highest BCUT2D eigenvalue weighted by atomic mass is 16.5. The smallest absolute Gasteiger partial charge is 0.193 e. The van der Waals surface area contributed by atoms with Gasteiger partial charge in [-0.2, -0.15) is 0 Å². The Labute approximate surface area is 143 Å². The molecule has 1 saturated heterocycles. The van der Waals surface area contributed by atoms with E-state index < -0.39 is 0 Å². The van der Waals surface area contributed by atoms with Gasteiger partial charge in [0.15, 0.2) is 5.78 Å². The van der Waals surface area contributed by atoms with Crippen LogP contribution in [0.1, 0.15) is 15.9 Å². The molecule has 24 heavy (non-hydrogen) atoms. The van der Waals surface area contributed by atoms with E-state index in [1.165, 1.54) is 0 Å². The van der Waals surface area contributed by atoms with E-state index in [0.29, 0.717) is 17.7 Å². The van der Waals surface area contributed by atoms with Crippen molar-refractivity contribution < 1.29 is 9.53 Å². The molecule has 126 valence electrons. The van der Waals surface area contributed by atoms with Crippen LogP contribution in [0, 0.1) is 0 Å². The summed E-state index contributed by atoms with van der Waals surface area (Å²) in [5, 5.41) is 0. The van der Waals surface area contributed by atoms with Gasteiger partial charge in [0.05, 0.1) is 0 Å². The molecule has 0 bridgehead atoms. The lowest BCUT2D eigenvalue weighted by Gasteiger charge is -2.32. The van der Waals surface area contributed by atoms with Crippen molar-refractivity contribution in [2.24, 2.45) is 0 Å². The van der Waals surface area contributed by atoms with Crippen LogP contribution in [0.4, 0.5) is 0 Å². The Kier molecular flexibility index (Phi) is 5.62. The van der Waals surface area contributed by atoms with E-state index in [1.54, 1.807) is 0 Å². The van der Waals surface area contributed by atoms with Crippen molar-refractivity contribution in [3.63, 3.8) is 0 Å². The number of benzene rings is 2. The molecule has 0 N–H and O–H groups in total. The minimum absolute atomic E-state index is 0.0413. The highest BCUT2D eigenvalue weighted by molar-refractivity contribution is 6.08. The molecular weight excluding hydrogens is 300 g/mol. The Morgan fingerprint density at radius 1 is 0.917 bits per heavy atom. The standard InChI is InChI=1S/C20H24N2O2/c1-21-11-13-22(14-12-21)15-16-24-19-9-7-18(8-10-19)20(23)17-5-3-2-4-6-17/h2-10H,11-16H2,1H3. The lowest BCUT2D eigenvalue weighted by molar-refractivity contribution is 0.103. The van der Waals surface area contributed by atoms with Crippen LogP contribution in [0.25, 0.3) is 0 Å². The molecule has 0 unspecified atom stereocenters. The van der Waals surface area contributed by atoms with E-state index in [0.717, 1.165) is 38.5 Å². The lowest BCUT2D eigenvalue weighted by Crippen LogP contribution is -2.45. The van der Waals surface area contributed by atoms with Crippen molar-refractivity contribution in [1.29, 1.82) is 0 Å². The number of likely N-dealkylation sites (N-methyl/N-ethyl adjacent to an activating group) is 1. The van der Waals surface area contributed by atoms with Crippen molar-refractivity contribution in [2.75, 3.05) is 46.4 Å². The molecule has 1 fully saturated rings. The molecule has 0 aliphatic carbocycles. The normalized spacial score (nSPS) is 16.0. The Bertz CT molecular complexity index is 647. The third-order valence-corrected chi connectivity index (χ3v) is 4.42. The van der Waals surface area contributed by atoms with E-state index in [1.807, 2.05) is 54.6 Å². The summed E-state index contributed by atoms with van der Waals surface area (Å²) in [6.07, 6.45) is 0. The lowest BCUT2D eigenvalue weighted by atomic mass is 10.0. The number of carbonyl (C=O) groups is 1. The average molecular weight is 324 g/mol. The predicted octanol–water partition coefficient (Wildman–Crippen LogP) is 2.54. The third kappa shape index (κ3) is 4.43. The summed E-state index contributed by atoms with van der Waals surface area (Å²) in [5.74, 6) is 0.855. The Morgan fingerprint density at radius 3 is 2.21 bits per heavy atom. The van der Waals surface area contributed by atoms with Gasteiger partial charge < -0.3 is 9.64 Å². The Hall–Kier alpha value is -2.17. The predicted molar refractivity (Wildman–Crippen MR) is 95.7 cm³/mol. The fraction of sp³-hybridized carbons (Fsp3) is 0.350. The highest BCUT2D eigenvalue weighted by Crippen LogP contribution is 2.15. The summed E-state index contributed by atoms with van der Waals surface area (Å²) >= 11 is 0. The summed E-state index contributed by atoms with van der Waals surface area (Å²) in [6.45, 7) is 6.07. The SMILES string of the molecule is CN1CCN(CCOc2ccc(C(=O)c3ccccc3)cc2)CC1. The molecule has 0 amide bonds. The number of nitrogens with zero attached hydrogens (tertiary/aromatic N) is 2. The molecule has 1 aliphatic rings. The van der Waals surface area contributed by atoms with Gasteiger partial charge in [-0.05, 0) is 31.3 Å². The van der Waals surface area contributed by atoms with Crippen LogP contribution in [0.3, 0.4) is 0 Å². The van der Waals surface area contributed by atoms with E-state index in [-0.39, 0.29) is 5.78 Å². The van der Waals surface area contributed by atoms with Crippen molar-refractivity contribution in [3.05, 3.63) is 65.7 Å². The summed E-state index contributed by atoms with van der Waals surface area (Å²) in [6, 6.07) is 16.8. The first-order valence-corrected chi connectivity index (χ1v) is 8.46. The van der Waals surface area contributed by atoms with Crippen molar-refractivity contribution in [3.8, 4) is 5.75 Å². The summed E-state index contributed by atoms with van der Waals surface area (Å²) in [7, 11) is 2.16. The molecule has 0 atom stereocenters. The van der Waals surface area contributed by atoms with Gasteiger partial charge >= 0.3 is 0 Å². The van der Waals surface area contributed by atoms with Gasteiger partial charge in [0, 0.05) is 43.9 Å². The molecule has 3 rings (SSSR count). The second-order valence-electron chi connectivity index (χ2n) is 6.21. The van der Waals surface area contributed by atoms with Crippen LogP contribution in [-0.4, -0.2) is 62.0 Å². The number of ether oxygens (including phenoxy) is 1. The maximum atomic E-state index is 12.4. The van der Waals surface area contributed by atoms with E-state index >= 15 is 0 Å². The minimum atomic E-state index is 0.0413. The summed E-state index contributed by atoms with van der Waals surface area (Å²) in [5.41, 5.74) is 1.40. The van der Waals surface area contributed by atoms with Gasteiger partial charge in [0.1, 0.15) is 12.4 Å². The van der Waals surface area contributed by atoms with Gasteiger partial charge in [-0.15, -0.1) is 0 Å². The largest absolute Gasteiger partial charge is 0.492 e. The number of rotatable bonds is 6. The van der Waals surface area contributed by atoms with E-state index in [2.05, 4.69) is 16.8 Å². The van der Waals surface area contributed by atoms with E-state index in [4.69, 9.17) is 4.74 Å². The molecule has 1 heterocycles. The Morgan fingerprint density at radius 2 is 1.54 bits per heavy atom. The number of carbonyl (C=O) groups excluding carboxylic acids is 1. The molecule has 0 radical (unpaired) electrons. The van der Waals surface area contributed by atoms with Crippen LogP contribution in [0.5, 0.6) is 5.75 Å². The van der Waals surface area contributed by atoms with Crippen LogP contribution in [-0.2, 0) is 0 Å². The van der Waals surface area contributed by atoms with Crippen LogP contribution in [0.15, 0.2) is 54.6 Å². The zero-order chi connectivity index (χ0) is 16.8. The van der Waals surface area contributed by atoms with Crippen LogP contribution in [0.2, 0.25) is 0 Å². The molecule has 2 aromatic carbocycles. The summed E-state index contributed by atoms with van der Waals surface area (Å²) < 4.78 is 5.81. The van der Waals surface area contributed by atoms with Crippen molar-refractivity contribution >= 4 is 5.78 Å². The second-order valence-corrected chi connectivity index (χ2v) is 6.21. The first-order chi connectivity index (χ1) is 11.7. The average Bonchev–Trinajstić information content (AvgIpc) is 2.64. The zero-order valence-electron chi connectivity index (χ0n) is 14.1. The number of hydrogen-bond acceptors (Lipinski definition) is 4. The molecule has 0 spiro atoms.